The van der Waals surface area contributed by atoms with Gasteiger partial charge in [-0.1, -0.05) is 42.5 Å². The second-order valence-electron chi connectivity index (χ2n) is 6.39. The van der Waals surface area contributed by atoms with Gasteiger partial charge in [0.15, 0.2) is 5.82 Å². The number of aromatic amines is 1. The van der Waals surface area contributed by atoms with E-state index in [2.05, 4.69) is 27.6 Å². The van der Waals surface area contributed by atoms with E-state index >= 15 is 0 Å². The monoisotopic (exact) mass is 332 g/mol. The summed E-state index contributed by atoms with van der Waals surface area (Å²) in [6, 6.07) is 19.8. The first-order valence-electron chi connectivity index (χ1n) is 8.46. The summed E-state index contributed by atoms with van der Waals surface area (Å²) in [6.45, 7) is 0. The fourth-order valence-corrected chi connectivity index (χ4v) is 2.84. The van der Waals surface area contributed by atoms with Crippen molar-refractivity contribution in [1.82, 2.24) is 10.2 Å². The van der Waals surface area contributed by atoms with Crippen LogP contribution >= 0.6 is 0 Å². The fourth-order valence-electron chi connectivity index (χ4n) is 2.84. The molecule has 1 fully saturated rings. The smallest absolute Gasteiger partial charge is 0.297 e. The number of carbonyl (C=O) groups excluding carboxylic acids is 1. The summed E-state index contributed by atoms with van der Waals surface area (Å²) in [6.07, 6.45) is 2.39. The molecule has 0 radical (unpaired) electrons. The summed E-state index contributed by atoms with van der Waals surface area (Å²) < 4.78 is 0. The molecule has 0 atom stereocenters. The minimum absolute atomic E-state index is 0.209. The molecule has 4 rings (SSSR count). The maximum Gasteiger partial charge on any atom is 0.327 e. The Hall–Kier alpha value is -3.08. The molecule has 1 saturated carbocycles. The van der Waals surface area contributed by atoms with Crippen LogP contribution in [-0.2, 0) is 0 Å². The first-order valence-corrected chi connectivity index (χ1v) is 8.46. The molecule has 1 aliphatic rings. The van der Waals surface area contributed by atoms with Gasteiger partial charge in [-0.15, -0.1) is 0 Å². The van der Waals surface area contributed by atoms with E-state index in [0.717, 1.165) is 22.5 Å². The summed E-state index contributed by atoms with van der Waals surface area (Å²) in [4.78, 5) is 14.1. The van der Waals surface area contributed by atoms with Crippen LogP contribution < -0.4 is 10.2 Å². The van der Waals surface area contributed by atoms with Crippen LogP contribution in [0.1, 0.15) is 24.5 Å². The summed E-state index contributed by atoms with van der Waals surface area (Å²) in [5.41, 5.74) is 4.13. The molecule has 5 heteroatoms. The van der Waals surface area contributed by atoms with Gasteiger partial charge in [0.25, 0.3) is 0 Å². The van der Waals surface area contributed by atoms with E-state index in [0.29, 0.717) is 11.7 Å². The van der Waals surface area contributed by atoms with Gasteiger partial charge in [-0.05, 0) is 36.1 Å². The normalized spacial score (nSPS) is 13.5. The van der Waals surface area contributed by atoms with Crippen molar-refractivity contribution in [3.8, 4) is 11.1 Å². The first-order chi connectivity index (χ1) is 12.2. The van der Waals surface area contributed by atoms with Crippen molar-refractivity contribution in [3.05, 3.63) is 66.4 Å². The van der Waals surface area contributed by atoms with Gasteiger partial charge in [-0.2, -0.15) is 5.10 Å². The van der Waals surface area contributed by atoms with Gasteiger partial charge in [-0.25, -0.2) is 4.79 Å². The van der Waals surface area contributed by atoms with Crippen LogP contribution in [0.25, 0.3) is 11.1 Å². The van der Waals surface area contributed by atoms with E-state index < -0.39 is 0 Å². The van der Waals surface area contributed by atoms with Crippen LogP contribution in [0.2, 0.25) is 0 Å². The van der Waals surface area contributed by atoms with E-state index in [4.69, 9.17) is 0 Å². The Morgan fingerprint density at radius 1 is 1.08 bits per heavy atom. The van der Waals surface area contributed by atoms with Crippen LogP contribution in [0, 0.1) is 0 Å². The highest BCUT2D eigenvalue weighted by Gasteiger charge is 2.26. The average molecular weight is 332 g/mol. The zero-order chi connectivity index (χ0) is 17.2. The predicted octanol–water partition coefficient (Wildman–Crippen LogP) is 4.62. The van der Waals surface area contributed by atoms with Crippen molar-refractivity contribution in [3.63, 3.8) is 0 Å². The number of H-pyrrole nitrogens is 1. The molecule has 0 spiro atoms. The molecule has 0 unspecified atom stereocenters. The topological polar surface area (TPSA) is 61.0 Å². The van der Waals surface area contributed by atoms with Crippen molar-refractivity contribution >= 4 is 17.5 Å². The van der Waals surface area contributed by atoms with E-state index in [-0.39, 0.29) is 6.03 Å². The molecule has 1 heterocycles. The molecule has 0 bridgehead atoms. The molecule has 2 amide bonds. The molecule has 25 heavy (non-hydrogen) atoms. The molecular formula is C20H20N4O. The number of urea groups is 1. The largest absolute Gasteiger partial charge is 0.327 e. The summed E-state index contributed by atoms with van der Waals surface area (Å²) in [7, 11) is 1.76. The van der Waals surface area contributed by atoms with Gasteiger partial charge >= 0.3 is 6.03 Å². The summed E-state index contributed by atoms with van der Waals surface area (Å²) in [5.74, 6) is 1.15. The van der Waals surface area contributed by atoms with Gasteiger partial charge in [0.05, 0.1) is 0 Å². The van der Waals surface area contributed by atoms with Crippen LogP contribution in [0.15, 0.2) is 60.7 Å². The Labute approximate surface area is 146 Å². The molecular weight excluding hydrogens is 312 g/mol. The minimum atomic E-state index is -0.209. The van der Waals surface area contributed by atoms with Crippen LogP contribution in [-0.4, -0.2) is 23.3 Å². The lowest BCUT2D eigenvalue weighted by molar-refractivity contribution is 0.258. The maximum absolute atomic E-state index is 12.5. The quantitative estimate of drug-likeness (QED) is 0.732. The number of hydrogen-bond donors (Lipinski definition) is 2. The first kappa shape index (κ1) is 15.4. The van der Waals surface area contributed by atoms with E-state index in [1.165, 1.54) is 12.8 Å². The molecule has 126 valence electrons. The molecule has 3 aromatic rings. The average Bonchev–Trinajstić information content (AvgIpc) is 3.41. The Kier molecular flexibility index (Phi) is 3.98. The number of anilines is 2. The number of carbonyl (C=O) groups is 1. The Balaban J connectivity index is 1.49. The fraction of sp³-hybridized carbons (Fsp3) is 0.200. The molecule has 5 nitrogen and oxygen atoms in total. The molecule has 0 saturated heterocycles. The molecule has 1 aliphatic carbocycles. The number of amides is 2. The summed E-state index contributed by atoms with van der Waals surface area (Å²) in [5, 5.41) is 10.0. The lowest BCUT2D eigenvalue weighted by Gasteiger charge is -2.18. The number of nitrogens with zero attached hydrogens (tertiary/aromatic N) is 2. The third kappa shape index (κ3) is 3.40. The number of benzene rings is 2. The van der Waals surface area contributed by atoms with Gasteiger partial charge in [-0.3, -0.25) is 15.3 Å². The molecule has 1 aromatic heterocycles. The third-order valence-electron chi connectivity index (χ3n) is 4.50. The van der Waals surface area contributed by atoms with Crippen LogP contribution in [0.4, 0.5) is 16.3 Å². The van der Waals surface area contributed by atoms with Crippen molar-refractivity contribution < 1.29 is 4.79 Å². The third-order valence-corrected chi connectivity index (χ3v) is 4.50. The molecule has 0 aliphatic heterocycles. The second kappa shape index (κ2) is 6.43. The zero-order valence-electron chi connectivity index (χ0n) is 14.1. The van der Waals surface area contributed by atoms with Crippen molar-refractivity contribution in [2.75, 3.05) is 17.3 Å². The lowest BCUT2D eigenvalue weighted by Crippen LogP contribution is -2.31. The van der Waals surface area contributed by atoms with E-state index in [9.17, 15) is 4.79 Å². The van der Waals surface area contributed by atoms with E-state index in [1.807, 2.05) is 48.5 Å². The Morgan fingerprint density at radius 3 is 2.60 bits per heavy atom. The van der Waals surface area contributed by atoms with Gasteiger partial charge in [0.2, 0.25) is 0 Å². The highest BCUT2D eigenvalue weighted by atomic mass is 16.2. The van der Waals surface area contributed by atoms with Gasteiger partial charge in [0.1, 0.15) is 0 Å². The van der Waals surface area contributed by atoms with Crippen molar-refractivity contribution in [2.24, 2.45) is 0 Å². The highest BCUT2D eigenvalue weighted by Crippen LogP contribution is 2.39. The maximum atomic E-state index is 12.5. The van der Waals surface area contributed by atoms with Crippen LogP contribution in [0.5, 0.6) is 0 Å². The number of hydrogen-bond acceptors (Lipinski definition) is 2. The molecule has 2 N–H and O–H groups in total. The standard InChI is InChI=1S/C20H20N4O/c1-24(20(25)21-19-13-18(22-23-19)15-10-11-15)17-9-5-8-16(12-17)14-6-3-2-4-7-14/h2-9,12-13,15H,10-11H2,1H3,(H2,21,22,23,25). The lowest BCUT2D eigenvalue weighted by atomic mass is 10.1. The van der Waals surface area contributed by atoms with Gasteiger partial charge in [0, 0.05) is 30.4 Å². The SMILES string of the molecule is CN(C(=O)Nc1cc(C2CC2)[nH]n1)c1cccc(-c2ccccc2)c1. The predicted molar refractivity (Wildman–Crippen MR) is 99.9 cm³/mol. The number of aromatic nitrogens is 2. The van der Waals surface area contributed by atoms with Crippen molar-refractivity contribution in [1.29, 1.82) is 0 Å². The van der Waals surface area contributed by atoms with Crippen LogP contribution in [0.3, 0.4) is 0 Å². The summed E-state index contributed by atoms with van der Waals surface area (Å²) >= 11 is 0. The Morgan fingerprint density at radius 2 is 1.84 bits per heavy atom. The van der Waals surface area contributed by atoms with Crippen molar-refractivity contribution in [2.45, 2.75) is 18.8 Å². The zero-order valence-corrected chi connectivity index (χ0v) is 14.1. The minimum Gasteiger partial charge on any atom is -0.297 e. The van der Waals surface area contributed by atoms with Gasteiger partial charge < -0.3 is 0 Å². The van der Waals surface area contributed by atoms with E-state index in [1.54, 1.807) is 11.9 Å². The molecule has 2 aromatic carbocycles. The number of rotatable bonds is 4. The number of nitrogens with one attached hydrogen (secondary N) is 2. The Bertz CT molecular complexity index is 883. The highest BCUT2D eigenvalue weighted by molar-refractivity contribution is 6.01. The second-order valence-corrected chi connectivity index (χ2v) is 6.39.